The van der Waals surface area contributed by atoms with Crippen LogP contribution in [0, 0.1) is 5.41 Å². The van der Waals surface area contributed by atoms with E-state index in [1.165, 1.54) is 199 Å². The molecule has 1 unspecified atom stereocenters. The van der Waals surface area contributed by atoms with Crippen LogP contribution in [-0.2, 0) is 9.59 Å². The SMILES string of the molecule is C=CCC([C]=O)(CCCCCCCCCCCCCC)CCCCCCCCCCCCCCC(=O)CCCCCCCCCCCCC. The van der Waals surface area contributed by atoms with Gasteiger partial charge in [-0.05, 0) is 32.1 Å². The van der Waals surface area contributed by atoms with E-state index < -0.39 is 0 Å². The molecule has 0 aromatic heterocycles. The van der Waals surface area contributed by atoms with Crippen LogP contribution in [0.15, 0.2) is 12.7 Å². The molecule has 0 aliphatic rings. The Labute approximate surface area is 309 Å². The highest BCUT2D eigenvalue weighted by molar-refractivity contribution is 5.78. The largest absolute Gasteiger partial charge is 0.300 e. The molecule has 49 heavy (non-hydrogen) atoms. The molecule has 0 aliphatic carbocycles. The average molecular weight is 686 g/mol. The second kappa shape index (κ2) is 39.9. The van der Waals surface area contributed by atoms with Crippen LogP contribution in [0.2, 0.25) is 0 Å². The highest BCUT2D eigenvalue weighted by Crippen LogP contribution is 2.34. The van der Waals surface area contributed by atoms with Gasteiger partial charge in [-0.3, -0.25) is 9.59 Å². The Balaban J connectivity index is 3.57. The number of carbonyl (C=O) groups excluding carboxylic acids is 2. The Kier molecular flexibility index (Phi) is 39.1. The smallest absolute Gasteiger partial charge is 0.205 e. The third kappa shape index (κ3) is 35.3. The van der Waals surface area contributed by atoms with E-state index in [0.29, 0.717) is 5.78 Å². The number of rotatable bonds is 43. The summed E-state index contributed by atoms with van der Waals surface area (Å²) in [7, 11) is 0. The van der Waals surface area contributed by atoms with Crippen molar-refractivity contribution in [3.8, 4) is 0 Å². The minimum absolute atomic E-state index is 0.278. The fourth-order valence-electron chi connectivity index (χ4n) is 7.72. The highest BCUT2D eigenvalue weighted by atomic mass is 16.1. The Morgan fingerprint density at radius 1 is 0.429 bits per heavy atom. The summed E-state index contributed by atoms with van der Waals surface area (Å²) in [6, 6.07) is 0. The van der Waals surface area contributed by atoms with Gasteiger partial charge in [0.15, 0.2) is 0 Å². The minimum Gasteiger partial charge on any atom is -0.300 e. The molecule has 0 heterocycles. The number of hydrogen-bond donors (Lipinski definition) is 0. The van der Waals surface area contributed by atoms with E-state index in [0.717, 1.165) is 57.8 Å². The Morgan fingerprint density at radius 2 is 0.673 bits per heavy atom. The van der Waals surface area contributed by atoms with Crippen LogP contribution < -0.4 is 0 Å². The van der Waals surface area contributed by atoms with Gasteiger partial charge in [0.1, 0.15) is 5.78 Å². The number of unbranched alkanes of at least 4 members (excludes halogenated alkanes) is 32. The van der Waals surface area contributed by atoms with Gasteiger partial charge in [0, 0.05) is 18.3 Å². The zero-order valence-corrected chi connectivity index (χ0v) is 33.9. The average Bonchev–Trinajstić information content (AvgIpc) is 3.11. The van der Waals surface area contributed by atoms with Gasteiger partial charge in [-0.15, -0.1) is 6.58 Å². The first-order chi connectivity index (χ1) is 24.1. The van der Waals surface area contributed by atoms with E-state index in [-0.39, 0.29) is 5.41 Å². The molecule has 1 atom stereocenters. The van der Waals surface area contributed by atoms with Crippen molar-refractivity contribution in [3.05, 3.63) is 12.7 Å². The molecule has 0 bridgehead atoms. The summed E-state index contributed by atoms with van der Waals surface area (Å²) in [5.74, 6) is 0.506. The van der Waals surface area contributed by atoms with Crippen LogP contribution in [0.3, 0.4) is 0 Å². The molecule has 0 aromatic carbocycles. The van der Waals surface area contributed by atoms with E-state index in [1.54, 1.807) is 0 Å². The molecule has 0 amide bonds. The van der Waals surface area contributed by atoms with Gasteiger partial charge in [0.25, 0.3) is 0 Å². The predicted octanol–water partition coefficient (Wildman–Crippen LogP) is 16.5. The maximum atomic E-state index is 12.2. The summed E-state index contributed by atoms with van der Waals surface area (Å²) in [6.45, 7) is 8.53. The lowest BCUT2D eigenvalue weighted by Gasteiger charge is -2.26. The van der Waals surface area contributed by atoms with Crippen molar-refractivity contribution >= 4 is 12.1 Å². The van der Waals surface area contributed by atoms with Gasteiger partial charge in [-0.2, -0.15) is 0 Å². The molecular weight excluding hydrogens is 597 g/mol. The highest BCUT2D eigenvalue weighted by Gasteiger charge is 2.28. The maximum Gasteiger partial charge on any atom is 0.205 e. The van der Waals surface area contributed by atoms with Gasteiger partial charge in [0.05, 0.1) is 0 Å². The zero-order chi connectivity index (χ0) is 35.8. The number of ketones is 1. The quantitative estimate of drug-likeness (QED) is 0.0473. The van der Waals surface area contributed by atoms with Crippen LogP contribution in [0.4, 0.5) is 0 Å². The van der Waals surface area contributed by atoms with Crippen molar-refractivity contribution in [2.24, 2.45) is 5.41 Å². The van der Waals surface area contributed by atoms with Crippen molar-refractivity contribution in [1.82, 2.24) is 0 Å². The fourth-order valence-corrected chi connectivity index (χ4v) is 7.72. The predicted molar refractivity (Wildman–Crippen MR) is 219 cm³/mol. The molecule has 1 radical (unpaired) electrons. The Bertz CT molecular complexity index is 684. The lowest BCUT2D eigenvalue weighted by Crippen LogP contribution is -2.22. The van der Waals surface area contributed by atoms with Crippen molar-refractivity contribution < 1.29 is 9.59 Å². The second-order valence-corrected chi connectivity index (χ2v) is 16.1. The third-order valence-corrected chi connectivity index (χ3v) is 11.2. The van der Waals surface area contributed by atoms with Gasteiger partial charge in [-0.25, -0.2) is 0 Å². The Morgan fingerprint density at radius 3 is 0.918 bits per heavy atom. The third-order valence-electron chi connectivity index (χ3n) is 11.2. The first-order valence-corrected chi connectivity index (χ1v) is 22.7. The normalized spacial score (nSPS) is 12.7. The summed E-state index contributed by atoms with van der Waals surface area (Å²) < 4.78 is 0. The van der Waals surface area contributed by atoms with Crippen molar-refractivity contribution in [2.45, 2.75) is 271 Å². The topological polar surface area (TPSA) is 34.1 Å². The van der Waals surface area contributed by atoms with E-state index in [1.807, 2.05) is 6.08 Å². The molecule has 0 N–H and O–H groups in total. The van der Waals surface area contributed by atoms with Gasteiger partial charge in [-0.1, -0.05) is 232 Å². The first-order valence-electron chi connectivity index (χ1n) is 22.7. The van der Waals surface area contributed by atoms with Crippen molar-refractivity contribution in [2.75, 3.05) is 0 Å². The summed E-state index contributed by atoms with van der Waals surface area (Å²) in [4.78, 5) is 24.3. The van der Waals surface area contributed by atoms with Crippen LogP contribution in [0.5, 0.6) is 0 Å². The molecule has 0 rings (SSSR count). The van der Waals surface area contributed by atoms with Crippen LogP contribution in [0.25, 0.3) is 0 Å². The monoisotopic (exact) mass is 686 g/mol. The van der Waals surface area contributed by atoms with Crippen LogP contribution >= 0.6 is 0 Å². The fraction of sp³-hybridized carbons (Fsp3) is 0.915. The maximum absolute atomic E-state index is 12.2. The van der Waals surface area contributed by atoms with Crippen molar-refractivity contribution in [3.63, 3.8) is 0 Å². The van der Waals surface area contributed by atoms with Crippen LogP contribution in [0.1, 0.15) is 271 Å². The molecule has 0 spiro atoms. The molecule has 0 saturated carbocycles. The molecule has 0 saturated heterocycles. The molecular formula is C47H89O2. The summed E-state index contributed by atoms with van der Waals surface area (Å²) in [6.07, 6.45) is 55.4. The van der Waals surface area contributed by atoms with Gasteiger partial charge >= 0.3 is 0 Å². The first kappa shape index (κ1) is 48.1. The molecule has 0 fully saturated rings. The lowest BCUT2D eigenvalue weighted by atomic mass is 9.76. The number of carbonyl (C=O) groups is 1. The number of hydrogen-bond acceptors (Lipinski definition) is 2. The Hall–Kier alpha value is -0.920. The van der Waals surface area contributed by atoms with E-state index >= 15 is 0 Å². The molecule has 0 aromatic rings. The molecule has 2 heteroatoms. The number of Topliss-reactive ketones (excluding diaryl/α,β-unsaturated/α-hetero) is 1. The molecule has 2 nitrogen and oxygen atoms in total. The van der Waals surface area contributed by atoms with Gasteiger partial charge in [0.2, 0.25) is 6.29 Å². The standard InChI is InChI=1S/C47H89O2/c1-4-7-9-11-13-15-17-22-26-30-34-38-43-47(45-48,42-6-3)44-39-35-31-27-23-19-18-21-25-29-33-37-41-46(49)40-36-32-28-24-20-16-14-12-10-8-5-2/h6H,3-5,7-44H2,1-2H3. The summed E-state index contributed by atoms with van der Waals surface area (Å²) in [5.41, 5.74) is -0.278. The van der Waals surface area contributed by atoms with Gasteiger partial charge < -0.3 is 0 Å². The van der Waals surface area contributed by atoms with E-state index in [2.05, 4.69) is 26.7 Å². The second-order valence-electron chi connectivity index (χ2n) is 16.1. The minimum atomic E-state index is -0.278. The van der Waals surface area contributed by atoms with E-state index in [4.69, 9.17) is 0 Å². The van der Waals surface area contributed by atoms with Crippen LogP contribution in [-0.4, -0.2) is 12.1 Å². The summed E-state index contributed by atoms with van der Waals surface area (Å²) in [5, 5.41) is 0. The van der Waals surface area contributed by atoms with E-state index in [9.17, 15) is 9.59 Å². The zero-order valence-electron chi connectivity index (χ0n) is 33.9. The number of allylic oxidation sites excluding steroid dienone is 1. The lowest BCUT2D eigenvalue weighted by molar-refractivity contribution is -0.119. The molecule has 289 valence electrons. The van der Waals surface area contributed by atoms with Crippen molar-refractivity contribution in [1.29, 1.82) is 0 Å². The molecule has 0 aliphatic heterocycles. The summed E-state index contributed by atoms with van der Waals surface area (Å²) >= 11 is 0.